The third-order valence-corrected chi connectivity index (χ3v) is 8.01. The molecule has 4 rings (SSSR count). The summed E-state index contributed by atoms with van der Waals surface area (Å²) >= 11 is 1.61. The minimum atomic E-state index is -0.692. The van der Waals surface area contributed by atoms with Crippen molar-refractivity contribution in [3.8, 4) is 0 Å². The van der Waals surface area contributed by atoms with E-state index in [9.17, 15) is 14.4 Å². The maximum Gasteiger partial charge on any atom is 0.328 e. The van der Waals surface area contributed by atoms with Crippen LogP contribution in [-0.4, -0.2) is 89.9 Å². The van der Waals surface area contributed by atoms with E-state index >= 15 is 0 Å². The number of carbonyl (C=O) groups is 3. The summed E-state index contributed by atoms with van der Waals surface area (Å²) in [6.45, 7) is 2.07. The molecule has 2 amide bonds. The molecule has 2 aromatic carbocycles. The Morgan fingerprint density at radius 3 is 2.68 bits per heavy atom. The molecule has 0 aliphatic carbocycles. The Bertz CT molecular complexity index is 1300. The first-order valence-corrected chi connectivity index (χ1v) is 15.4. The number of hydrogen-bond acceptors (Lipinski definition) is 8. The summed E-state index contributed by atoms with van der Waals surface area (Å²) in [4.78, 5) is 46.9. The van der Waals surface area contributed by atoms with Gasteiger partial charge in [-0.3, -0.25) is 19.5 Å². The number of nitrogens with zero attached hydrogens (tertiary/aromatic N) is 3. The third kappa shape index (κ3) is 8.68. The van der Waals surface area contributed by atoms with Crippen molar-refractivity contribution >= 4 is 46.0 Å². The van der Waals surface area contributed by atoms with Crippen LogP contribution < -0.4 is 10.6 Å². The van der Waals surface area contributed by atoms with Crippen molar-refractivity contribution in [3.63, 3.8) is 0 Å². The predicted molar refractivity (Wildman–Crippen MR) is 164 cm³/mol. The van der Waals surface area contributed by atoms with E-state index in [0.717, 1.165) is 40.6 Å². The van der Waals surface area contributed by atoms with E-state index in [0.29, 0.717) is 26.1 Å². The van der Waals surface area contributed by atoms with Crippen molar-refractivity contribution in [1.29, 1.82) is 0 Å². The lowest BCUT2D eigenvalue weighted by atomic mass is 10.0. The maximum atomic E-state index is 13.3. The summed E-state index contributed by atoms with van der Waals surface area (Å²) in [5.41, 5.74) is 1.96. The Labute approximate surface area is 246 Å². The lowest BCUT2D eigenvalue weighted by Gasteiger charge is -2.31. The first kappa shape index (κ1) is 30.3. The highest BCUT2D eigenvalue weighted by Crippen LogP contribution is 2.23. The van der Waals surface area contributed by atoms with Gasteiger partial charge in [-0.05, 0) is 59.7 Å². The predicted octanol–water partition coefficient (Wildman–Crippen LogP) is 3.55. The normalized spacial score (nSPS) is 15.6. The number of esters is 1. The molecular formula is C31H39N5O4S. The number of aromatic nitrogens is 1. The van der Waals surface area contributed by atoms with Crippen molar-refractivity contribution in [2.45, 2.75) is 37.9 Å². The van der Waals surface area contributed by atoms with Crippen molar-refractivity contribution in [2.75, 3.05) is 50.6 Å². The second kappa shape index (κ2) is 15.4. The number of hydrogen-bond donors (Lipinski definition) is 2. The number of carbonyl (C=O) groups excluding carboxylic acids is 3. The van der Waals surface area contributed by atoms with Gasteiger partial charge in [0.15, 0.2) is 0 Å². The van der Waals surface area contributed by atoms with Gasteiger partial charge >= 0.3 is 5.97 Å². The lowest BCUT2D eigenvalue weighted by molar-refractivity contribution is -0.145. The van der Waals surface area contributed by atoms with Gasteiger partial charge in [-0.1, -0.05) is 42.5 Å². The van der Waals surface area contributed by atoms with Gasteiger partial charge in [-0.15, -0.1) is 0 Å². The minimum absolute atomic E-state index is 0.0163. The molecule has 1 fully saturated rings. The SMILES string of the molecule is COC(=O)[C@H](CCSC)NC(=O)CN(Cc1cccc2ccccc12)C[C@@H]1CCCN1C(=O)CNc1ccncc1. The van der Waals surface area contributed by atoms with Crippen molar-refractivity contribution in [3.05, 3.63) is 72.6 Å². The minimum Gasteiger partial charge on any atom is -0.467 e. The third-order valence-electron chi connectivity index (χ3n) is 7.36. The number of likely N-dealkylation sites (tertiary alicyclic amines) is 1. The van der Waals surface area contributed by atoms with Crippen LogP contribution >= 0.6 is 11.8 Å². The molecule has 2 N–H and O–H groups in total. The average molecular weight is 578 g/mol. The molecule has 10 heteroatoms. The quantitative estimate of drug-likeness (QED) is 0.281. The fraction of sp³-hybridized carbons (Fsp3) is 0.419. The van der Waals surface area contributed by atoms with E-state index in [-0.39, 0.29) is 30.9 Å². The van der Waals surface area contributed by atoms with E-state index in [1.807, 2.05) is 41.5 Å². The summed E-state index contributed by atoms with van der Waals surface area (Å²) in [5.74, 6) is 0.0767. The monoisotopic (exact) mass is 577 g/mol. The number of thioether (sulfide) groups is 1. The van der Waals surface area contributed by atoms with E-state index in [4.69, 9.17) is 4.74 Å². The highest BCUT2D eigenvalue weighted by atomic mass is 32.2. The molecule has 0 saturated carbocycles. The van der Waals surface area contributed by atoms with Gasteiger partial charge in [0.05, 0.1) is 20.2 Å². The zero-order chi connectivity index (χ0) is 29.0. The van der Waals surface area contributed by atoms with Gasteiger partial charge in [0.1, 0.15) is 6.04 Å². The Morgan fingerprint density at radius 1 is 1.12 bits per heavy atom. The summed E-state index contributed by atoms with van der Waals surface area (Å²) < 4.78 is 4.93. The number of nitrogens with one attached hydrogen (secondary N) is 2. The molecule has 218 valence electrons. The van der Waals surface area contributed by atoms with Crippen LogP contribution in [0.25, 0.3) is 10.8 Å². The zero-order valence-electron chi connectivity index (χ0n) is 23.8. The van der Waals surface area contributed by atoms with Crippen LogP contribution in [0.1, 0.15) is 24.8 Å². The second-order valence-electron chi connectivity index (χ2n) is 10.2. The standard InChI is InChI=1S/C31H39N5O4S/c1-40-31(39)28(14-18-41-2)34-29(37)22-35(20-24-9-5-8-23-7-3-4-11-27(23)24)21-26-10-6-17-36(26)30(38)19-33-25-12-15-32-16-13-25/h3-5,7-9,11-13,15-16,26,28H,6,10,14,17-22H2,1-2H3,(H,32,33)(H,34,37)/t26-,28-/m0/s1. The molecular weight excluding hydrogens is 538 g/mol. The van der Waals surface area contributed by atoms with Crippen LogP contribution in [0, 0.1) is 0 Å². The number of methoxy groups -OCH3 is 1. The van der Waals surface area contributed by atoms with Gasteiger partial charge in [-0.2, -0.15) is 11.8 Å². The number of amides is 2. The topological polar surface area (TPSA) is 104 Å². The van der Waals surface area contributed by atoms with Gasteiger partial charge in [0.2, 0.25) is 11.8 Å². The van der Waals surface area contributed by atoms with E-state index in [1.54, 1.807) is 24.2 Å². The molecule has 2 heterocycles. The molecule has 1 aromatic heterocycles. The molecule has 9 nitrogen and oxygen atoms in total. The average Bonchev–Trinajstić information content (AvgIpc) is 3.46. The Kier molecular flexibility index (Phi) is 11.4. The second-order valence-corrected chi connectivity index (χ2v) is 11.2. The summed E-state index contributed by atoms with van der Waals surface area (Å²) in [7, 11) is 1.34. The van der Waals surface area contributed by atoms with Gasteiger partial charge in [0.25, 0.3) is 0 Å². The van der Waals surface area contributed by atoms with Crippen molar-refractivity contribution in [1.82, 2.24) is 20.1 Å². The fourth-order valence-electron chi connectivity index (χ4n) is 5.33. The largest absolute Gasteiger partial charge is 0.467 e. The molecule has 2 atom stereocenters. The number of ether oxygens (including phenoxy) is 1. The highest BCUT2D eigenvalue weighted by Gasteiger charge is 2.31. The number of pyridine rings is 1. The van der Waals surface area contributed by atoms with Crippen LogP contribution in [0.4, 0.5) is 5.69 Å². The Morgan fingerprint density at radius 2 is 1.90 bits per heavy atom. The van der Waals surface area contributed by atoms with Gasteiger partial charge < -0.3 is 20.3 Å². The molecule has 0 unspecified atom stereocenters. The number of anilines is 1. The smallest absolute Gasteiger partial charge is 0.328 e. The van der Waals surface area contributed by atoms with Crippen LogP contribution in [0.5, 0.6) is 0 Å². The maximum absolute atomic E-state index is 13.3. The molecule has 1 saturated heterocycles. The molecule has 1 aliphatic rings. The molecule has 0 spiro atoms. The van der Waals surface area contributed by atoms with E-state index in [2.05, 4.69) is 44.8 Å². The molecule has 1 aliphatic heterocycles. The summed E-state index contributed by atoms with van der Waals surface area (Å²) in [6, 6.07) is 17.4. The molecule has 41 heavy (non-hydrogen) atoms. The summed E-state index contributed by atoms with van der Waals surface area (Å²) in [6.07, 6.45) is 7.62. The first-order chi connectivity index (χ1) is 20.0. The van der Waals surface area contributed by atoms with E-state index < -0.39 is 12.0 Å². The Hall–Kier alpha value is -3.63. The zero-order valence-corrected chi connectivity index (χ0v) is 24.6. The molecule has 0 bridgehead atoms. The number of rotatable bonds is 14. The van der Waals surface area contributed by atoms with Gasteiger partial charge in [-0.25, -0.2) is 4.79 Å². The number of fused-ring (bicyclic) bond motifs is 1. The molecule has 0 radical (unpaired) electrons. The van der Waals surface area contributed by atoms with Crippen LogP contribution in [0.15, 0.2) is 67.0 Å². The van der Waals surface area contributed by atoms with Crippen LogP contribution in [0.3, 0.4) is 0 Å². The van der Waals surface area contributed by atoms with Crippen LogP contribution in [0.2, 0.25) is 0 Å². The Balaban J connectivity index is 1.49. The lowest BCUT2D eigenvalue weighted by Crippen LogP contribution is -2.49. The molecule has 3 aromatic rings. The van der Waals surface area contributed by atoms with Crippen molar-refractivity contribution < 1.29 is 19.1 Å². The fourth-order valence-corrected chi connectivity index (χ4v) is 5.80. The first-order valence-electron chi connectivity index (χ1n) is 14.0. The van der Waals surface area contributed by atoms with Crippen molar-refractivity contribution in [2.24, 2.45) is 0 Å². The summed E-state index contributed by atoms with van der Waals surface area (Å²) in [5, 5.41) is 8.35. The van der Waals surface area contributed by atoms with Gasteiger partial charge in [0, 0.05) is 43.8 Å². The van der Waals surface area contributed by atoms with Crippen LogP contribution in [-0.2, 0) is 25.7 Å². The van der Waals surface area contributed by atoms with E-state index in [1.165, 1.54) is 7.11 Å². The number of benzene rings is 2. The highest BCUT2D eigenvalue weighted by molar-refractivity contribution is 7.98.